The quantitative estimate of drug-likeness (QED) is 0.369. The third kappa shape index (κ3) is 29.7. The van der Waals surface area contributed by atoms with Crippen molar-refractivity contribution in [1.82, 2.24) is 0 Å². The van der Waals surface area contributed by atoms with Crippen molar-refractivity contribution in [3.05, 3.63) is 25.5 Å². The maximum atomic E-state index is 9.75. The van der Waals surface area contributed by atoms with E-state index < -0.39 is 5.97 Å². The number of ether oxygens (including phenoxy) is 1. The minimum Gasteiger partial charge on any atom is -0.478 e. The van der Waals surface area contributed by atoms with Crippen LogP contribution < -0.4 is 0 Å². The molecule has 62 valence electrons. The molecule has 0 aromatic rings. The molecule has 0 aromatic carbocycles. The largest absolute Gasteiger partial charge is 0.478 e. The maximum Gasteiger partial charge on any atom is 0.327 e. The molecule has 1 N–H and O–H groups in total. The molecular formula is C7H10O4. The Bertz CT molecular complexity index is 160. The number of aliphatic carboxylic acids is 1. The highest BCUT2D eigenvalue weighted by atomic mass is 16.5. The second-order valence-electron chi connectivity index (χ2n) is 1.32. The zero-order valence-electron chi connectivity index (χ0n) is 6.24. The van der Waals surface area contributed by atoms with Crippen LogP contribution >= 0.6 is 0 Å². The summed E-state index contributed by atoms with van der Waals surface area (Å²) in [4.78, 5) is 19.0. The van der Waals surface area contributed by atoms with E-state index in [0.29, 0.717) is 0 Å². The molecule has 0 heterocycles. The average molecular weight is 158 g/mol. The fraction of sp³-hybridized carbons (Fsp3) is 0.143. The van der Waals surface area contributed by atoms with Gasteiger partial charge in [-0.05, 0) is 0 Å². The standard InChI is InChI=1S/C4H6O2.C3H4O2/c1-3-6-4(2)5;1-2-3(4)5/h3H,1H2,2H3;2H,1H2,(H,4,5). The van der Waals surface area contributed by atoms with Gasteiger partial charge in [0.15, 0.2) is 0 Å². The molecular weight excluding hydrogens is 148 g/mol. The van der Waals surface area contributed by atoms with Crippen LogP contribution in [0.4, 0.5) is 0 Å². The summed E-state index contributed by atoms with van der Waals surface area (Å²) in [5.74, 6) is -1.31. The highest BCUT2D eigenvalue weighted by Crippen LogP contribution is 1.70. The van der Waals surface area contributed by atoms with Crippen molar-refractivity contribution in [2.75, 3.05) is 0 Å². The van der Waals surface area contributed by atoms with Gasteiger partial charge in [0.05, 0.1) is 6.26 Å². The molecule has 0 saturated carbocycles. The van der Waals surface area contributed by atoms with Crippen LogP contribution in [-0.2, 0) is 14.3 Å². The van der Waals surface area contributed by atoms with Crippen LogP contribution in [0.2, 0.25) is 0 Å². The van der Waals surface area contributed by atoms with E-state index in [1.165, 1.54) is 6.92 Å². The van der Waals surface area contributed by atoms with Crippen LogP contribution in [0, 0.1) is 0 Å². The predicted octanol–water partition coefficient (Wildman–Crippen LogP) is 0.950. The van der Waals surface area contributed by atoms with E-state index >= 15 is 0 Å². The Morgan fingerprint density at radius 2 is 1.82 bits per heavy atom. The Morgan fingerprint density at radius 3 is 1.82 bits per heavy atom. The monoisotopic (exact) mass is 158 g/mol. The van der Waals surface area contributed by atoms with Gasteiger partial charge < -0.3 is 9.84 Å². The van der Waals surface area contributed by atoms with Crippen LogP contribution in [-0.4, -0.2) is 17.0 Å². The minimum absolute atomic E-state index is 0.329. The number of carboxylic acid groups (broad SMARTS) is 1. The Morgan fingerprint density at radius 1 is 1.45 bits per heavy atom. The number of rotatable bonds is 2. The molecule has 0 aliphatic carbocycles. The molecule has 4 nitrogen and oxygen atoms in total. The van der Waals surface area contributed by atoms with Gasteiger partial charge in [0.2, 0.25) is 0 Å². The lowest BCUT2D eigenvalue weighted by molar-refractivity contribution is -0.135. The molecule has 0 bridgehead atoms. The third-order valence-corrected chi connectivity index (χ3v) is 0.424. The van der Waals surface area contributed by atoms with Crippen LogP contribution in [0.5, 0.6) is 0 Å². The normalized spacial score (nSPS) is 6.64. The Kier molecular flexibility index (Phi) is 9.29. The zero-order valence-corrected chi connectivity index (χ0v) is 6.24. The third-order valence-electron chi connectivity index (χ3n) is 0.424. The van der Waals surface area contributed by atoms with Crippen molar-refractivity contribution in [2.45, 2.75) is 6.92 Å². The second kappa shape index (κ2) is 8.42. The molecule has 0 rings (SSSR count). The van der Waals surface area contributed by atoms with Crippen LogP contribution in [0.15, 0.2) is 25.5 Å². The first-order chi connectivity index (χ1) is 5.04. The van der Waals surface area contributed by atoms with E-state index in [9.17, 15) is 9.59 Å². The van der Waals surface area contributed by atoms with Gasteiger partial charge >= 0.3 is 11.9 Å². The van der Waals surface area contributed by atoms with Crippen LogP contribution in [0.25, 0.3) is 0 Å². The summed E-state index contributed by atoms with van der Waals surface area (Å²) in [6, 6.07) is 0. The summed E-state index contributed by atoms with van der Waals surface area (Å²) < 4.78 is 4.17. The predicted molar refractivity (Wildman–Crippen MR) is 39.8 cm³/mol. The first-order valence-corrected chi connectivity index (χ1v) is 2.68. The van der Waals surface area contributed by atoms with Crippen molar-refractivity contribution in [3.63, 3.8) is 0 Å². The SMILES string of the molecule is C=CC(=O)O.C=COC(C)=O. The molecule has 0 aliphatic heterocycles. The summed E-state index contributed by atoms with van der Waals surface area (Å²) in [6.45, 7) is 7.44. The fourth-order valence-corrected chi connectivity index (χ4v) is 0.117. The van der Waals surface area contributed by atoms with Gasteiger partial charge in [0.25, 0.3) is 0 Å². The van der Waals surface area contributed by atoms with Gasteiger partial charge in [0.1, 0.15) is 0 Å². The molecule has 0 atom stereocenters. The molecule has 11 heavy (non-hydrogen) atoms. The van der Waals surface area contributed by atoms with Crippen molar-refractivity contribution < 1.29 is 19.4 Å². The van der Waals surface area contributed by atoms with Crippen LogP contribution in [0.1, 0.15) is 6.92 Å². The molecule has 0 spiro atoms. The Balaban J connectivity index is 0. The van der Waals surface area contributed by atoms with Gasteiger partial charge in [-0.2, -0.15) is 0 Å². The number of carboxylic acids is 1. The first-order valence-electron chi connectivity index (χ1n) is 2.68. The first kappa shape index (κ1) is 12.1. The zero-order chi connectivity index (χ0) is 9.28. The van der Waals surface area contributed by atoms with E-state index in [1.54, 1.807) is 0 Å². The average Bonchev–Trinajstić information content (AvgIpc) is 1.89. The van der Waals surface area contributed by atoms with Crippen molar-refractivity contribution in [1.29, 1.82) is 0 Å². The van der Waals surface area contributed by atoms with Gasteiger partial charge in [-0.1, -0.05) is 13.2 Å². The number of carbonyl (C=O) groups excluding carboxylic acids is 1. The summed E-state index contributed by atoms with van der Waals surface area (Å²) >= 11 is 0. The van der Waals surface area contributed by atoms with E-state index in [0.717, 1.165) is 12.3 Å². The fourth-order valence-electron chi connectivity index (χ4n) is 0.117. The van der Waals surface area contributed by atoms with E-state index in [4.69, 9.17) is 5.11 Å². The van der Waals surface area contributed by atoms with E-state index in [-0.39, 0.29) is 5.97 Å². The lowest BCUT2D eigenvalue weighted by Gasteiger charge is -1.83. The molecule has 4 heteroatoms. The number of esters is 1. The molecule has 0 unspecified atom stereocenters. The smallest absolute Gasteiger partial charge is 0.327 e. The van der Waals surface area contributed by atoms with E-state index in [2.05, 4.69) is 17.9 Å². The van der Waals surface area contributed by atoms with Crippen molar-refractivity contribution >= 4 is 11.9 Å². The highest BCUT2D eigenvalue weighted by molar-refractivity contribution is 5.78. The van der Waals surface area contributed by atoms with Gasteiger partial charge in [-0.3, -0.25) is 4.79 Å². The number of hydrogen-bond donors (Lipinski definition) is 1. The number of hydrogen-bond acceptors (Lipinski definition) is 3. The summed E-state index contributed by atoms with van der Waals surface area (Å²) in [6.07, 6.45) is 1.93. The molecule has 0 fully saturated rings. The minimum atomic E-state index is -0.981. The Hall–Kier alpha value is -1.58. The molecule has 0 saturated heterocycles. The summed E-state index contributed by atoms with van der Waals surface area (Å²) in [7, 11) is 0. The van der Waals surface area contributed by atoms with Crippen molar-refractivity contribution in [3.8, 4) is 0 Å². The van der Waals surface area contributed by atoms with Gasteiger partial charge in [-0.15, -0.1) is 0 Å². The number of carbonyl (C=O) groups is 2. The lowest BCUT2D eigenvalue weighted by Crippen LogP contribution is -1.87. The van der Waals surface area contributed by atoms with Crippen LogP contribution in [0.3, 0.4) is 0 Å². The topological polar surface area (TPSA) is 63.6 Å². The molecule has 0 radical (unpaired) electrons. The van der Waals surface area contributed by atoms with Gasteiger partial charge in [-0.25, -0.2) is 4.79 Å². The second-order valence-corrected chi connectivity index (χ2v) is 1.32. The van der Waals surface area contributed by atoms with E-state index in [1.807, 2.05) is 0 Å². The molecule has 0 amide bonds. The molecule has 0 aliphatic rings. The maximum absolute atomic E-state index is 9.75. The van der Waals surface area contributed by atoms with Gasteiger partial charge in [0, 0.05) is 13.0 Å². The summed E-state index contributed by atoms with van der Waals surface area (Å²) in [5, 5.41) is 7.60. The molecule has 0 aromatic heterocycles. The Labute approximate surface area is 64.8 Å². The summed E-state index contributed by atoms with van der Waals surface area (Å²) in [5.41, 5.74) is 0. The highest BCUT2D eigenvalue weighted by Gasteiger charge is 1.79. The lowest BCUT2D eigenvalue weighted by atomic mass is 10.7. The van der Waals surface area contributed by atoms with Crippen molar-refractivity contribution in [2.24, 2.45) is 0 Å².